The second-order valence-electron chi connectivity index (χ2n) is 5.10. The van der Waals surface area contributed by atoms with Crippen LogP contribution in [0.15, 0.2) is 84.9 Å². The van der Waals surface area contributed by atoms with Gasteiger partial charge in [-0.15, -0.1) is 0 Å². The Kier molecular flexibility index (Phi) is 4.57. The second kappa shape index (κ2) is 6.96. The quantitative estimate of drug-likeness (QED) is 0.441. The molecule has 3 aromatic carbocycles. The van der Waals surface area contributed by atoms with Crippen LogP contribution in [0.2, 0.25) is 5.02 Å². The van der Waals surface area contributed by atoms with Gasteiger partial charge in [0.15, 0.2) is 0 Å². The van der Waals surface area contributed by atoms with Gasteiger partial charge in [0.05, 0.1) is 5.57 Å². The third-order valence-electron chi connectivity index (χ3n) is 3.62. The molecule has 23 heavy (non-hydrogen) atoms. The van der Waals surface area contributed by atoms with Gasteiger partial charge in [-0.2, -0.15) is 5.26 Å². The Labute approximate surface area is 141 Å². The first-order chi connectivity index (χ1) is 11.3. The molecular formula is C21H14ClN. The number of allylic oxidation sites excluding steroid dienone is 1. The zero-order valence-electron chi connectivity index (χ0n) is 12.4. The SMILES string of the molecule is N#CC(=C(c1ccccc1)c1ccccc1)c1ccc(Cl)cc1. The molecule has 0 aromatic heterocycles. The first-order valence-corrected chi connectivity index (χ1v) is 7.68. The van der Waals surface area contributed by atoms with E-state index in [9.17, 15) is 5.26 Å². The highest BCUT2D eigenvalue weighted by atomic mass is 35.5. The van der Waals surface area contributed by atoms with Gasteiger partial charge in [0.25, 0.3) is 0 Å². The molecule has 0 aliphatic rings. The molecule has 0 spiro atoms. The van der Waals surface area contributed by atoms with Crippen molar-refractivity contribution < 1.29 is 0 Å². The second-order valence-corrected chi connectivity index (χ2v) is 5.54. The van der Waals surface area contributed by atoms with Crippen molar-refractivity contribution in [3.63, 3.8) is 0 Å². The van der Waals surface area contributed by atoms with Crippen molar-refractivity contribution >= 4 is 22.7 Å². The molecule has 0 aliphatic carbocycles. The monoisotopic (exact) mass is 315 g/mol. The van der Waals surface area contributed by atoms with Gasteiger partial charge >= 0.3 is 0 Å². The maximum absolute atomic E-state index is 9.80. The molecule has 1 nitrogen and oxygen atoms in total. The van der Waals surface area contributed by atoms with Crippen LogP contribution in [0.1, 0.15) is 16.7 Å². The van der Waals surface area contributed by atoms with Gasteiger partial charge < -0.3 is 0 Å². The zero-order valence-corrected chi connectivity index (χ0v) is 13.2. The van der Waals surface area contributed by atoms with E-state index in [0.717, 1.165) is 22.3 Å². The molecule has 0 N–H and O–H groups in total. The fourth-order valence-electron chi connectivity index (χ4n) is 2.55. The standard InChI is InChI=1S/C21H14ClN/c22-19-13-11-16(12-14-19)20(15-23)21(17-7-3-1-4-8-17)18-9-5-2-6-10-18/h1-14H. The van der Waals surface area contributed by atoms with E-state index < -0.39 is 0 Å². The van der Waals surface area contributed by atoms with Gasteiger partial charge in [-0.25, -0.2) is 0 Å². The molecule has 3 aromatic rings. The number of hydrogen-bond donors (Lipinski definition) is 0. The zero-order chi connectivity index (χ0) is 16.1. The summed E-state index contributed by atoms with van der Waals surface area (Å²) in [7, 11) is 0. The summed E-state index contributed by atoms with van der Waals surface area (Å²) in [5.41, 5.74) is 4.46. The van der Waals surface area contributed by atoms with Crippen molar-refractivity contribution in [3.05, 3.63) is 107 Å². The fourth-order valence-corrected chi connectivity index (χ4v) is 2.67. The lowest BCUT2D eigenvalue weighted by molar-refractivity contribution is 1.50. The van der Waals surface area contributed by atoms with Crippen LogP contribution in [-0.2, 0) is 0 Å². The molecule has 3 rings (SSSR count). The molecule has 110 valence electrons. The number of rotatable bonds is 3. The van der Waals surface area contributed by atoms with Crippen molar-refractivity contribution in [2.45, 2.75) is 0 Å². The minimum atomic E-state index is 0.638. The summed E-state index contributed by atoms with van der Waals surface area (Å²) in [5.74, 6) is 0. The van der Waals surface area contributed by atoms with Gasteiger partial charge in [-0.1, -0.05) is 84.4 Å². The van der Waals surface area contributed by atoms with Crippen molar-refractivity contribution in [1.82, 2.24) is 0 Å². The van der Waals surface area contributed by atoms with Gasteiger partial charge in [0.1, 0.15) is 6.07 Å². The Morgan fingerprint density at radius 1 is 0.652 bits per heavy atom. The molecule has 0 fully saturated rings. The Bertz CT molecular complexity index is 816. The summed E-state index contributed by atoms with van der Waals surface area (Å²) in [4.78, 5) is 0. The van der Waals surface area contributed by atoms with E-state index in [1.54, 1.807) is 0 Å². The third-order valence-corrected chi connectivity index (χ3v) is 3.87. The molecule has 0 saturated heterocycles. The Hall–Kier alpha value is -2.82. The first kappa shape index (κ1) is 15.1. The maximum atomic E-state index is 9.80. The average Bonchev–Trinajstić information content (AvgIpc) is 2.62. The number of benzene rings is 3. The predicted molar refractivity (Wildman–Crippen MR) is 95.9 cm³/mol. The lowest BCUT2D eigenvalue weighted by Crippen LogP contribution is -1.93. The van der Waals surface area contributed by atoms with Crippen molar-refractivity contribution in [2.24, 2.45) is 0 Å². The van der Waals surface area contributed by atoms with Crippen molar-refractivity contribution in [2.75, 3.05) is 0 Å². The summed E-state index contributed by atoms with van der Waals surface area (Å²) in [6.07, 6.45) is 0. The van der Waals surface area contributed by atoms with E-state index >= 15 is 0 Å². The van der Waals surface area contributed by atoms with Gasteiger partial charge in [0, 0.05) is 10.6 Å². The molecule has 0 aliphatic heterocycles. The Balaban J connectivity index is 2.28. The Morgan fingerprint density at radius 3 is 1.57 bits per heavy atom. The molecule has 0 bridgehead atoms. The van der Waals surface area contributed by atoms with Crippen LogP contribution in [0, 0.1) is 11.3 Å². The molecule has 0 radical (unpaired) electrons. The van der Waals surface area contributed by atoms with Gasteiger partial charge in [0.2, 0.25) is 0 Å². The Morgan fingerprint density at radius 2 is 1.13 bits per heavy atom. The molecule has 0 saturated carbocycles. The third kappa shape index (κ3) is 3.34. The summed E-state index contributed by atoms with van der Waals surface area (Å²) in [6, 6.07) is 29.7. The summed E-state index contributed by atoms with van der Waals surface area (Å²) < 4.78 is 0. The number of halogens is 1. The van der Waals surface area contributed by atoms with Gasteiger partial charge in [-0.3, -0.25) is 0 Å². The van der Waals surface area contributed by atoms with E-state index in [0.29, 0.717) is 10.6 Å². The smallest absolute Gasteiger partial charge is 0.100 e. The van der Waals surface area contributed by atoms with Crippen LogP contribution in [0.3, 0.4) is 0 Å². The van der Waals surface area contributed by atoms with E-state index in [1.807, 2.05) is 84.9 Å². The van der Waals surface area contributed by atoms with Crippen molar-refractivity contribution in [3.8, 4) is 6.07 Å². The van der Waals surface area contributed by atoms with Crippen LogP contribution in [-0.4, -0.2) is 0 Å². The average molecular weight is 316 g/mol. The lowest BCUT2D eigenvalue weighted by Gasteiger charge is -2.12. The highest BCUT2D eigenvalue weighted by Crippen LogP contribution is 2.32. The van der Waals surface area contributed by atoms with Crippen LogP contribution >= 0.6 is 11.6 Å². The van der Waals surface area contributed by atoms with E-state index in [1.165, 1.54) is 0 Å². The van der Waals surface area contributed by atoms with Crippen LogP contribution in [0.25, 0.3) is 11.1 Å². The molecule has 0 heterocycles. The van der Waals surface area contributed by atoms with Crippen LogP contribution in [0.4, 0.5) is 0 Å². The number of nitrogens with zero attached hydrogens (tertiary/aromatic N) is 1. The summed E-state index contributed by atoms with van der Waals surface area (Å²) in [6.45, 7) is 0. The first-order valence-electron chi connectivity index (χ1n) is 7.31. The molecular weight excluding hydrogens is 302 g/mol. The summed E-state index contributed by atoms with van der Waals surface area (Å²) >= 11 is 5.97. The van der Waals surface area contributed by atoms with Crippen molar-refractivity contribution in [1.29, 1.82) is 5.26 Å². The number of hydrogen-bond acceptors (Lipinski definition) is 1. The highest BCUT2D eigenvalue weighted by Gasteiger charge is 2.13. The largest absolute Gasteiger partial charge is 0.192 e. The van der Waals surface area contributed by atoms with Crippen LogP contribution in [0.5, 0.6) is 0 Å². The molecule has 2 heteroatoms. The minimum absolute atomic E-state index is 0.638. The summed E-state index contributed by atoms with van der Waals surface area (Å²) in [5, 5.41) is 10.5. The molecule has 0 unspecified atom stereocenters. The number of nitriles is 1. The molecule has 0 amide bonds. The van der Waals surface area contributed by atoms with E-state index in [-0.39, 0.29) is 0 Å². The predicted octanol–water partition coefficient (Wildman–Crippen LogP) is 5.82. The normalized spacial score (nSPS) is 9.91. The van der Waals surface area contributed by atoms with E-state index in [4.69, 9.17) is 11.6 Å². The lowest BCUT2D eigenvalue weighted by atomic mass is 9.90. The topological polar surface area (TPSA) is 23.8 Å². The maximum Gasteiger partial charge on any atom is 0.100 e. The van der Waals surface area contributed by atoms with Crippen LogP contribution < -0.4 is 0 Å². The minimum Gasteiger partial charge on any atom is -0.192 e. The molecule has 0 atom stereocenters. The van der Waals surface area contributed by atoms with E-state index in [2.05, 4.69) is 6.07 Å². The van der Waals surface area contributed by atoms with Gasteiger partial charge in [-0.05, 0) is 28.8 Å². The highest BCUT2D eigenvalue weighted by molar-refractivity contribution is 6.30. The fraction of sp³-hybridized carbons (Fsp3) is 0.